The molecular weight excluding hydrogens is 320 g/mol. The summed E-state index contributed by atoms with van der Waals surface area (Å²) >= 11 is 3.48. The Labute approximate surface area is 125 Å². The Kier molecular flexibility index (Phi) is 3.38. The number of carboxylic acids is 1. The molecule has 5 heteroatoms. The summed E-state index contributed by atoms with van der Waals surface area (Å²) in [6.45, 7) is 0. The summed E-state index contributed by atoms with van der Waals surface area (Å²) in [7, 11) is 0. The molecule has 0 radical (unpaired) electrons. The number of para-hydroxylation sites is 1. The van der Waals surface area contributed by atoms with Gasteiger partial charge in [0, 0.05) is 6.20 Å². The van der Waals surface area contributed by atoms with Crippen LogP contribution in [0.15, 0.2) is 41.0 Å². The minimum Gasteiger partial charge on any atom is -0.481 e. The largest absolute Gasteiger partial charge is 0.481 e. The van der Waals surface area contributed by atoms with Crippen molar-refractivity contribution in [1.29, 1.82) is 0 Å². The molecule has 0 spiro atoms. The number of hydrogen-bond donors (Lipinski definition) is 1. The zero-order valence-corrected chi connectivity index (χ0v) is 12.5. The van der Waals surface area contributed by atoms with Crippen molar-refractivity contribution in [1.82, 2.24) is 9.78 Å². The lowest BCUT2D eigenvalue weighted by atomic mass is 9.83. The lowest BCUT2D eigenvalue weighted by Gasteiger charge is -2.21. The van der Waals surface area contributed by atoms with E-state index in [9.17, 15) is 9.90 Å². The number of aromatic nitrogens is 2. The van der Waals surface area contributed by atoms with Crippen molar-refractivity contribution in [3.05, 3.63) is 46.7 Å². The van der Waals surface area contributed by atoms with Crippen LogP contribution >= 0.6 is 15.9 Å². The normalized spacial score (nSPS) is 17.2. The summed E-state index contributed by atoms with van der Waals surface area (Å²) in [5.41, 5.74) is 0.739. The second-order valence-electron chi connectivity index (χ2n) is 5.20. The molecule has 1 N–H and O–H groups in total. The van der Waals surface area contributed by atoms with Gasteiger partial charge in [-0.3, -0.25) is 4.79 Å². The van der Waals surface area contributed by atoms with Crippen molar-refractivity contribution in [2.24, 2.45) is 0 Å². The number of carboxylic acid groups (broad SMARTS) is 1. The molecule has 0 saturated heterocycles. The zero-order chi connectivity index (χ0) is 14.2. The first-order valence-electron chi connectivity index (χ1n) is 6.68. The van der Waals surface area contributed by atoms with Gasteiger partial charge in [-0.1, -0.05) is 31.0 Å². The molecule has 104 valence electrons. The Morgan fingerprint density at radius 2 is 1.90 bits per heavy atom. The molecule has 1 saturated carbocycles. The second-order valence-corrected chi connectivity index (χ2v) is 6.05. The molecule has 0 aliphatic heterocycles. The quantitative estimate of drug-likeness (QED) is 0.934. The number of rotatable bonds is 3. The standard InChI is InChI=1S/C15H15BrN2O2/c16-12-10-18(11-6-2-1-3-7-11)17-13(12)15(14(19)20)8-4-5-9-15/h1-3,6-7,10H,4-5,8-9H2,(H,19,20). The third-order valence-electron chi connectivity index (χ3n) is 4.01. The predicted octanol–water partition coefficient (Wildman–Crippen LogP) is 3.53. The highest BCUT2D eigenvalue weighted by Crippen LogP contribution is 2.43. The van der Waals surface area contributed by atoms with Gasteiger partial charge in [0.25, 0.3) is 0 Å². The maximum atomic E-state index is 11.8. The molecule has 0 bridgehead atoms. The van der Waals surface area contributed by atoms with Gasteiger partial charge in [-0.15, -0.1) is 0 Å². The van der Waals surface area contributed by atoms with Crippen molar-refractivity contribution >= 4 is 21.9 Å². The first-order chi connectivity index (χ1) is 9.63. The molecule has 1 aromatic heterocycles. The molecule has 0 amide bonds. The van der Waals surface area contributed by atoms with Gasteiger partial charge in [-0.2, -0.15) is 5.10 Å². The fourth-order valence-corrected chi connectivity index (χ4v) is 3.57. The molecule has 1 aromatic carbocycles. The van der Waals surface area contributed by atoms with Crippen LogP contribution in [0.3, 0.4) is 0 Å². The Morgan fingerprint density at radius 3 is 2.50 bits per heavy atom. The molecule has 3 rings (SSSR count). The van der Waals surface area contributed by atoms with E-state index >= 15 is 0 Å². The Hall–Kier alpha value is -1.62. The molecule has 1 fully saturated rings. The fraction of sp³-hybridized carbons (Fsp3) is 0.333. The van der Waals surface area contributed by atoms with Crippen LogP contribution in [0.5, 0.6) is 0 Å². The van der Waals surface area contributed by atoms with Gasteiger partial charge >= 0.3 is 5.97 Å². The van der Waals surface area contributed by atoms with Gasteiger partial charge in [0.1, 0.15) is 5.41 Å². The van der Waals surface area contributed by atoms with Gasteiger partial charge in [0.05, 0.1) is 15.9 Å². The van der Waals surface area contributed by atoms with Crippen molar-refractivity contribution in [3.63, 3.8) is 0 Å². The zero-order valence-electron chi connectivity index (χ0n) is 10.9. The van der Waals surface area contributed by atoms with Crippen LogP contribution in [0.1, 0.15) is 31.4 Å². The minimum atomic E-state index is -0.834. The first kappa shape index (κ1) is 13.4. The van der Waals surface area contributed by atoms with Crippen molar-refractivity contribution in [2.45, 2.75) is 31.1 Å². The first-order valence-corrected chi connectivity index (χ1v) is 7.47. The van der Waals surface area contributed by atoms with Crippen molar-refractivity contribution in [3.8, 4) is 5.69 Å². The summed E-state index contributed by atoms with van der Waals surface area (Å²) < 4.78 is 2.51. The number of nitrogens with zero attached hydrogens (tertiary/aromatic N) is 2. The highest BCUT2D eigenvalue weighted by molar-refractivity contribution is 9.10. The monoisotopic (exact) mass is 334 g/mol. The number of benzene rings is 1. The van der Waals surface area contributed by atoms with Gasteiger partial charge in [0.15, 0.2) is 0 Å². The van der Waals surface area contributed by atoms with Crippen LogP contribution in [0, 0.1) is 0 Å². The number of carbonyl (C=O) groups is 1. The summed E-state index contributed by atoms with van der Waals surface area (Å²) in [6.07, 6.45) is 5.04. The number of halogens is 1. The van der Waals surface area contributed by atoms with E-state index in [0.29, 0.717) is 18.5 Å². The van der Waals surface area contributed by atoms with Crippen LogP contribution < -0.4 is 0 Å². The molecule has 2 aromatic rings. The smallest absolute Gasteiger partial charge is 0.315 e. The lowest BCUT2D eigenvalue weighted by molar-refractivity contribution is -0.143. The molecule has 0 atom stereocenters. The average Bonchev–Trinajstić information content (AvgIpc) is 3.07. The third-order valence-corrected chi connectivity index (χ3v) is 4.59. The van der Waals surface area contributed by atoms with Crippen LogP contribution in [-0.4, -0.2) is 20.9 Å². The topological polar surface area (TPSA) is 55.1 Å². The van der Waals surface area contributed by atoms with Crippen molar-refractivity contribution < 1.29 is 9.90 Å². The van der Waals surface area contributed by atoms with E-state index in [2.05, 4.69) is 21.0 Å². The molecule has 0 unspecified atom stereocenters. The highest BCUT2D eigenvalue weighted by atomic mass is 79.9. The summed E-state index contributed by atoms with van der Waals surface area (Å²) in [4.78, 5) is 11.8. The SMILES string of the molecule is O=C(O)C1(c2nn(-c3ccccc3)cc2Br)CCCC1. The van der Waals surface area contributed by atoms with E-state index in [4.69, 9.17) is 0 Å². The van der Waals surface area contributed by atoms with E-state index in [1.54, 1.807) is 4.68 Å². The van der Waals surface area contributed by atoms with E-state index in [-0.39, 0.29) is 0 Å². The van der Waals surface area contributed by atoms with Gasteiger partial charge in [-0.25, -0.2) is 4.68 Å². The summed E-state index contributed by atoms with van der Waals surface area (Å²) in [5, 5.41) is 14.2. The summed E-state index contributed by atoms with van der Waals surface area (Å²) in [5.74, 6) is -0.769. The minimum absolute atomic E-state index is 0.645. The molecular formula is C15H15BrN2O2. The van der Waals surface area contributed by atoms with Crippen LogP contribution in [0.25, 0.3) is 5.69 Å². The Bertz CT molecular complexity index is 631. The van der Waals surface area contributed by atoms with E-state index < -0.39 is 11.4 Å². The van der Waals surface area contributed by atoms with Crippen LogP contribution in [-0.2, 0) is 10.2 Å². The van der Waals surface area contributed by atoms with Gasteiger partial charge < -0.3 is 5.11 Å². The molecule has 4 nitrogen and oxygen atoms in total. The van der Waals surface area contributed by atoms with Crippen molar-refractivity contribution in [2.75, 3.05) is 0 Å². The fourth-order valence-electron chi connectivity index (χ4n) is 2.92. The number of aliphatic carboxylic acids is 1. The predicted molar refractivity (Wildman–Crippen MR) is 79.0 cm³/mol. The summed E-state index contributed by atoms with van der Waals surface area (Å²) in [6, 6.07) is 9.72. The maximum Gasteiger partial charge on any atom is 0.315 e. The number of hydrogen-bond acceptors (Lipinski definition) is 2. The molecule has 1 aliphatic rings. The molecule has 1 aliphatic carbocycles. The second kappa shape index (κ2) is 5.05. The van der Waals surface area contributed by atoms with E-state index in [1.807, 2.05) is 36.5 Å². The lowest BCUT2D eigenvalue weighted by Crippen LogP contribution is -2.33. The van der Waals surface area contributed by atoms with E-state index in [1.165, 1.54) is 0 Å². The molecule has 1 heterocycles. The van der Waals surface area contributed by atoms with E-state index in [0.717, 1.165) is 23.0 Å². The third kappa shape index (κ3) is 2.06. The molecule has 20 heavy (non-hydrogen) atoms. The highest BCUT2D eigenvalue weighted by Gasteiger charge is 2.46. The van der Waals surface area contributed by atoms with Crippen LogP contribution in [0.2, 0.25) is 0 Å². The average molecular weight is 335 g/mol. The van der Waals surface area contributed by atoms with Crippen LogP contribution in [0.4, 0.5) is 0 Å². The maximum absolute atomic E-state index is 11.8. The Morgan fingerprint density at radius 1 is 1.25 bits per heavy atom. The van der Waals surface area contributed by atoms with Gasteiger partial charge in [-0.05, 0) is 40.9 Å². The van der Waals surface area contributed by atoms with Gasteiger partial charge in [0.2, 0.25) is 0 Å². The Balaban J connectivity index is 2.07.